The Morgan fingerprint density at radius 2 is 1.65 bits per heavy atom. The van der Waals surface area contributed by atoms with Gasteiger partial charge in [-0.1, -0.05) is 60.5 Å². The number of aryl methyl sites for hydroxylation is 1. The van der Waals surface area contributed by atoms with Crippen LogP contribution in [0.4, 0.5) is 5.69 Å². The third-order valence-corrected chi connectivity index (χ3v) is 8.37. The number of para-hydroxylation sites is 2. The van der Waals surface area contributed by atoms with E-state index in [1.165, 1.54) is 32.4 Å². The van der Waals surface area contributed by atoms with E-state index in [9.17, 15) is 9.59 Å². The lowest BCUT2D eigenvalue weighted by molar-refractivity contribution is -0.117. The molecule has 2 saturated heterocycles. The molecule has 3 aliphatic heterocycles. The summed E-state index contributed by atoms with van der Waals surface area (Å²) in [5.41, 5.74) is 4.48. The first-order chi connectivity index (χ1) is 19.5. The molecule has 0 radical (unpaired) electrons. The molecule has 0 spiro atoms. The second-order valence-corrected chi connectivity index (χ2v) is 11.2. The molecule has 0 bridgehead atoms. The van der Waals surface area contributed by atoms with Crippen LogP contribution in [-0.2, 0) is 11.3 Å². The van der Waals surface area contributed by atoms with E-state index in [1.807, 2.05) is 65.6 Å². The van der Waals surface area contributed by atoms with Crippen LogP contribution in [0.25, 0.3) is 6.08 Å². The standard InChI is InChI=1S/C34H37N3O3/c1-25-8-7-9-27(22-25)24-37-30-10-3-4-11-31(30)40-32(34(37)39)23-26-12-14-28(15-13-26)33(38)36-20-16-29(17-21-36)35-18-5-2-6-19-35/h3-4,7-15,22-23,29H,2,5-6,16-21,24H2,1H3/b32-23+. The Morgan fingerprint density at radius 3 is 2.40 bits per heavy atom. The Bertz CT molecular complexity index is 1400. The van der Waals surface area contributed by atoms with E-state index in [1.54, 1.807) is 11.0 Å². The van der Waals surface area contributed by atoms with Crippen LogP contribution in [0.2, 0.25) is 0 Å². The highest BCUT2D eigenvalue weighted by molar-refractivity contribution is 6.09. The molecular weight excluding hydrogens is 498 g/mol. The summed E-state index contributed by atoms with van der Waals surface area (Å²) >= 11 is 0. The first-order valence-electron chi connectivity index (χ1n) is 14.5. The van der Waals surface area contributed by atoms with Gasteiger partial charge in [-0.3, -0.25) is 14.5 Å². The number of rotatable bonds is 5. The predicted molar refractivity (Wildman–Crippen MR) is 158 cm³/mol. The van der Waals surface area contributed by atoms with E-state index in [-0.39, 0.29) is 17.6 Å². The number of anilines is 1. The maximum atomic E-state index is 13.6. The molecule has 0 aliphatic carbocycles. The maximum absolute atomic E-state index is 13.6. The molecular formula is C34H37N3O3. The molecule has 6 heteroatoms. The average molecular weight is 536 g/mol. The molecule has 40 heavy (non-hydrogen) atoms. The van der Waals surface area contributed by atoms with Crippen molar-refractivity contribution in [3.8, 4) is 5.75 Å². The summed E-state index contributed by atoms with van der Waals surface area (Å²) in [7, 11) is 0. The van der Waals surface area contributed by atoms with Gasteiger partial charge in [0.1, 0.15) is 0 Å². The topological polar surface area (TPSA) is 53.1 Å². The molecule has 0 N–H and O–H groups in total. The Balaban J connectivity index is 1.15. The Kier molecular flexibility index (Phi) is 7.69. The molecule has 2 fully saturated rings. The zero-order valence-corrected chi connectivity index (χ0v) is 23.2. The molecule has 3 aliphatic rings. The minimum atomic E-state index is -0.183. The van der Waals surface area contributed by atoms with E-state index >= 15 is 0 Å². The number of hydrogen-bond donors (Lipinski definition) is 0. The van der Waals surface area contributed by atoms with Crippen molar-refractivity contribution in [1.29, 1.82) is 0 Å². The summed E-state index contributed by atoms with van der Waals surface area (Å²) in [5, 5.41) is 0. The molecule has 206 valence electrons. The van der Waals surface area contributed by atoms with E-state index in [2.05, 4.69) is 24.0 Å². The van der Waals surface area contributed by atoms with Crippen molar-refractivity contribution >= 4 is 23.6 Å². The highest BCUT2D eigenvalue weighted by Gasteiger charge is 2.31. The molecule has 6 rings (SSSR count). The number of piperidine rings is 2. The SMILES string of the molecule is Cc1cccc(CN2C(=O)/C(=C\c3ccc(C(=O)N4CCC(N5CCCCC5)CC4)cc3)Oc3ccccc32)c1. The van der Waals surface area contributed by atoms with Crippen molar-refractivity contribution in [3.63, 3.8) is 0 Å². The highest BCUT2D eigenvalue weighted by atomic mass is 16.5. The van der Waals surface area contributed by atoms with Crippen molar-refractivity contribution in [2.24, 2.45) is 0 Å². The van der Waals surface area contributed by atoms with Gasteiger partial charge >= 0.3 is 0 Å². The Labute approximate surface area is 236 Å². The second kappa shape index (κ2) is 11.7. The van der Waals surface area contributed by atoms with E-state index < -0.39 is 0 Å². The molecule has 0 aromatic heterocycles. The fraction of sp³-hybridized carbons (Fsp3) is 0.353. The summed E-state index contributed by atoms with van der Waals surface area (Å²) in [6, 6.07) is 23.9. The normalized spacial score (nSPS) is 19.4. The number of benzene rings is 3. The zero-order chi connectivity index (χ0) is 27.5. The van der Waals surface area contributed by atoms with Crippen molar-refractivity contribution in [2.75, 3.05) is 31.1 Å². The molecule has 2 amide bonds. The number of nitrogens with zero attached hydrogens (tertiary/aromatic N) is 3. The molecule has 3 aromatic rings. The largest absolute Gasteiger partial charge is 0.449 e. The van der Waals surface area contributed by atoms with E-state index in [0.29, 0.717) is 23.9 Å². The van der Waals surface area contributed by atoms with Crippen LogP contribution in [0.15, 0.2) is 78.6 Å². The Morgan fingerprint density at radius 1 is 0.900 bits per heavy atom. The van der Waals surface area contributed by atoms with Crippen LogP contribution in [-0.4, -0.2) is 53.8 Å². The van der Waals surface area contributed by atoms with Gasteiger partial charge in [-0.15, -0.1) is 0 Å². The lowest BCUT2D eigenvalue weighted by Gasteiger charge is -2.40. The molecule has 0 atom stereocenters. The van der Waals surface area contributed by atoms with Crippen molar-refractivity contribution in [1.82, 2.24) is 9.80 Å². The summed E-state index contributed by atoms with van der Waals surface area (Å²) in [4.78, 5) is 33.2. The van der Waals surface area contributed by atoms with Gasteiger partial charge < -0.3 is 14.5 Å². The quantitative estimate of drug-likeness (QED) is 0.373. The fourth-order valence-corrected chi connectivity index (χ4v) is 6.19. The fourth-order valence-electron chi connectivity index (χ4n) is 6.19. The van der Waals surface area contributed by atoms with Crippen LogP contribution >= 0.6 is 0 Å². The van der Waals surface area contributed by atoms with E-state index in [4.69, 9.17) is 4.74 Å². The van der Waals surface area contributed by atoms with Crippen molar-refractivity contribution in [3.05, 3.63) is 101 Å². The third kappa shape index (κ3) is 5.68. The number of carbonyl (C=O) groups excluding carboxylic acids is 2. The van der Waals surface area contributed by atoms with Crippen LogP contribution in [0.5, 0.6) is 5.75 Å². The average Bonchev–Trinajstić information content (AvgIpc) is 3.00. The number of carbonyl (C=O) groups is 2. The minimum absolute atomic E-state index is 0.0829. The summed E-state index contributed by atoms with van der Waals surface area (Å²) in [6.07, 6.45) is 7.82. The molecule has 6 nitrogen and oxygen atoms in total. The van der Waals surface area contributed by atoms with Crippen LogP contribution in [0.1, 0.15) is 59.2 Å². The van der Waals surface area contributed by atoms with Gasteiger partial charge in [0.05, 0.1) is 12.2 Å². The zero-order valence-electron chi connectivity index (χ0n) is 23.2. The first-order valence-corrected chi connectivity index (χ1v) is 14.5. The van der Waals surface area contributed by atoms with Gasteiger partial charge in [-0.2, -0.15) is 0 Å². The number of hydrogen-bond acceptors (Lipinski definition) is 4. The second-order valence-electron chi connectivity index (χ2n) is 11.2. The van der Waals surface area contributed by atoms with Crippen LogP contribution in [0.3, 0.4) is 0 Å². The van der Waals surface area contributed by atoms with Crippen molar-refractivity contribution in [2.45, 2.75) is 51.6 Å². The van der Waals surface area contributed by atoms with Gasteiger partial charge in [-0.25, -0.2) is 0 Å². The Hall–Kier alpha value is -3.90. The predicted octanol–water partition coefficient (Wildman–Crippen LogP) is 6.05. The van der Waals surface area contributed by atoms with Crippen LogP contribution < -0.4 is 9.64 Å². The van der Waals surface area contributed by atoms with Gasteiger partial charge in [0.2, 0.25) is 0 Å². The van der Waals surface area contributed by atoms with E-state index in [0.717, 1.165) is 48.3 Å². The maximum Gasteiger partial charge on any atom is 0.294 e. The van der Waals surface area contributed by atoms with Gasteiger partial charge in [0.25, 0.3) is 11.8 Å². The molecule has 0 unspecified atom stereocenters. The number of ether oxygens (including phenoxy) is 1. The highest BCUT2D eigenvalue weighted by Crippen LogP contribution is 2.36. The van der Waals surface area contributed by atoms with Gasteiger partial charge in [-0.05, 0) is 87.2 Å². The van der Waals surface area contributed by atoms with Gasteiger partial charge in [0.15, 0.2) is 11.5 Å². The molecule has 3 heterocycles. The lowest BCUT2D eigenvalue weighted by atomic mass is 9.99. The summed E-state index contributed by atoms with van der Waals surface area (Å²) in [6.45, 7) is 6.54. The number of amides is 2. The summed E-state index contributed by atoms with van der Waals surface area (Å²) < 4.78 is 6.06. The number of fused-ring (bicyclic) bond motifs is 1. The summed E-state index contributed by atoms with van der Waals surface area (Å²) in [5.74, 6) is 0.822. The number of likely N-dealkylation sites (tertiary alicyclic amines) is 2. The lowest BCUT2D eigenvalue weighted by Crippen LogP contribution is -2.48. The van der Waals surface area contributed by atoms with Gasteiger partial charge in [0, 0.05) is 24.7 Å². The van der Waals surface area contributed by atoms with Crippen LogP contribution in [0, 0.1) is 6.92 Å². The minimum Gasteiger partial charge on any atom is -0.449 e. The molecule has 0 saturated carbocycles. The first kappa shape index (κ1) is 26.3. The monoisotopic (exact) mass is 535 g/mol. The van der Waals surface area contributed by atoms with Crippen molar-refractivity contribution < 1.29 is 14.3 Å². The molecule has 3 aromatic carbocycles. The smallest absolute Gasteiger partial charge is 0.294 e. The third-order valence-electron chi connectivity index (χ3n) is 8.37.